The SMILES string of the molecule is O=C(N/N=C/c1ccc(Br)cc1)c1nn(Cc2ccc(Cl)cc2)cc1Br. The predicted molar refractivity (Wildman–Crippen MR) is 110 cm³/mol. The lowest BCUT2D eigenvalue weighted by molar-refractivity contribution is 0.0948. The average molecular weight is 497 g/mol. The Bertz CT molecular complexity index is 937. The van der Waals surface area contributed by atoms with E-state index in [-0.39, 0.29) is 11.6 Å². The Hall–Kier alpha value is -1.96. The number of nitrogens with one attached hydrogen (secondary N) is 1. The van der Waals surface area contributed by atoms with Crippen molar-refractivity contribution in [2.75, 3.05) is 0 Å². The first kappa shape index (κ1) is 18.8. The van der Waals surface area contributed by atoms with Crippen molar-refractivity contribution < 1.29 is 4.79 Å². The third kappa shape index (κ3) is 5.03. The highest BCUT2D eigenvalue weighted by Gasteiger charge is 2.14. The van der Waals surface area contributed by atoms with Gasteiger partial charge in [-0.2, -0.15) is 10.2 Å². The van der Waals surface area contributed by atoms with Crippen molar-refractivity contribution in [3.63, 3.8) is 0 Å². The topological polar surface area (TPSA) is 59.3 Å². The molecule has 3 rings (SSSR count). The normalized spacial score (nSPS) is 11.0. The number of hydrogen-bond acceptors (Lipinski definition) is 3. The molecule has 0 saturated carbocycles. The molecule has 2 aromatic carbocycles. The molecule has 0 spiro atoms. The van der Waals surface area contributed by atoms with Gasteiger partial charge in [0.2, 0.25) is 0 Å². The van der Waals surface area contributed by atoms with Gasteiger partial charge < -0.3 is 0 Å². The summed E-state index contributed by atoms with van der Waals surface area (Å²) in [6.45, 7) is 0.533. The van der Waals surface area contributed by atoms with Crippen LogP contribution in [-0.2, 0) is 6.54 Å². The van der Waals surface area contributed by atoms with Crippen LogP contribution in [0.2, 0.25) is 5.02 Å². The van der Waals surface area contributed by atoms with Gasteiger partial charge in [0.15, 0.2) is 5.69 Å². The number of benzene rings is 2. The van der Waals surface area contributed by atoms with Gasteiger partial charge >= 0.3 is 0 Å². The van der Waals surface area contributed by atoms with Crippen LogP contribution in [-0.4, -0.2) is 21.9 Å². The number of hydrazone groups is 1. The predicted octanol–water partition coefficient (Wildman–Crippen LogP) is 4.87. The number of halogens is 3. The molecule has 132 valence electrons. The number of amides is 1. The van der Waals surface area contributed by atoms with Gasteiger partial charge in [-0.1, -0.05) is 51.8 Å². The smallest absolute Gasteiger partial charge is 0.266 e. The van der Waals surface area contributed by atoms with Crippen LogP contribution in [0.25, 0.3) is 0 Å². The lowest BCUT2D eigenvalue weighted by Gasteiger charge is -2.01. The standard InChI is InChI=1S/C18H13Br2ClN4O/c19-14-5-1-12(2-6-14)9-22-23-18(26)17-16(20)11-25(24-17)10-13-3-7-15(21)8-4-13/h1-9,11H,10H2,(H,23,26)/b22-9+. The minimum atomic E-state index is -0.389. The first-order valence-corrected chi connectivity index (χ1v) is 9.54. The monoisotopic (exact) mass is 494 g/mol. The van der Waals surface area contributed by atoms with E-state index >= 15 is 0 Å². The fourth-order valence-corrected chi connectivity index (χ4v) is 3.06. The van der Waals surface area contributed by atoms with Crippen LogP contribution in [0.3, 0.4) is 0 Å². The number of carbonyl (C=O) groups is 1. The molecule has 0 unspecified atom stereocenters. The molecule has 0 aliphatic rings. The van der Waals surface area contributed by atoms with Crippen LogP contribution in [0.15, 0.2) is 68.8 Å². The van der Waals surface area contributed by atoms with E-state index in [9.17, 15) is 4.79 Å². The Morgan fingerprint density at radius 3 is 2.54 bits per heavy atom. The minimum Gasteiger partial charge on any atom is -0.266 e. The van der Waals surface area contributed by atoms with E-state index in [0.29, 0.717) is 16.0 Å². The third-order valence-corrected chi connectivity index (χ3v) is 4.80. The summed E-state index contributed by atoms with van der Waals surface area (Å²) in [6, 6.07) is 15.0. The molecule has 1 N–H and O–H groups in total. The zero-order chi connectivity index (χ0) is 18.5. The Morgan fingerprint density at radius 2 is 1.85 bits per heavy atom. The van der Waals surface area contributed by atoms with E-state index in [2.05, 4.69) is 47.5 Å². The molecular weight excluding hydrogens is 483 g/mol. The number of rotatable bonds is 5. The molecule has 5 nitrogen and oxygen atoms in total. The molecule has 1 aromatic heterocycles. The molecule has 0 radical (unpaired) electrons. The van der Waals surface area contributed by atoms with Crippen molar-refractivity contribution in [1.82, 2.24) is 15.2 Å². The van der Waals surface area contributed by atoms with E-state index in [1.54, 1.807) is 17.1 Å². The fourth-order valence-electron chi connectivity index (χ4n) is 2.18. The summed E-state index contributed by atoms with van der Waals surface area (Å²) in [5.41, 5.74) is 4.66. The Labute approximate surface area is 172 Å². The molecule has 0 aliphatic carbocycles. The number of nitrogens with zero attached hydrogens (tertiary/aromatic N) is 3. The summed E-state index contributed by atoms with van der Waals surface area (Å²) in [4.78, 5) is 12.3. The summed E-state index contributed by atoms with van der Waals surface area (Å²) in [5, 5.41) is 8.96. The molecule has 8 heteroatoms. The van der Waals surface area contributed by atoms with Gasteiger partial charge in [-0.3, -0.25) is 9.48 Å². The molecule has 0 saturated heterocycles. The first-order chi connectivity index (χ1) is 12.5. The highest BCUT2D eigenvalue weighted by atomic mass is 79.9. The fraction of sp³-hybridized carbons (Fsp3) is 0.0556. The Morgan fingerprint density at radius 1 is 1.15 bits per heavy atom. The van der Waals surface area contributed by atoms with Crippen molar-refractivity contribution >= 4 is 55.6 Å². The number of aromatic nitrogens is 2. The number of hydrogen-bond donors (Lipinski definition) is 1. The maximum Gasteiger partial charge on any atom is 0.293 e. The van der Waals surface area contributed by atoms with E-state index < -0.39 is 0 Å². The van der Waals surface area contributed by atoms with E-state index in [1.807, 2.05) is 48.5 Å². The molecular formula is C18H13Br2ClN4O. The van der Waals surface area contributed by atoms with Crippen molar-refractivity contribution in [3.05, 3.63) is 85.5 Å². The van der Waals surface area contributed by atoms with E-state index in [0.717, 1.165) is 15.6 Å². The van der Waals surface area contributed by atoms with Gasteiger partial charge in [0, 0.05) is 15.7 Å². The molecule has 26 heavy (non-hydrogen) atoms. The van der Waals surface area contributed by atoms with E-state index in [4.69, 9.17) is 11.6 Å². The largest absolute Gasteiger partial charge is 0.293 e. The zero-order valence-corrected chi connectivity index (χ0v) is 17.3. The Kier molecular flexibility index (Phi) is 6.24. The molecule has 3 aromatic rings. The average Bonchev–Trinajstić information content (AvgIpc) is 2.99. The lowest BCUT2D eigenvalue weighted by Crippen LogP contribution is -2.19. The summed E-state index contributed by atoms with van der Waals surface area (Å²) >= 11 is 12.6. The highest BCUT2D eigenvalue weighted by molar-refractivity contribution is 9.10. The van der Waals surface area contributed by atoms with Crippen LogP contribution < -0.4 is 5.43 Å². The van der Waals surface area contributed by atoms with Gasteiger partial charge in [-0.25, -0.2) is 5.43 Å². The quantitative estimate of drug-likeness (QED) is 0.405. The second-order valence-electron chi connectivity index (χ2n) is 5.40. The van der Waals surface area contributed by atoms with Crippen molar-refractivity contribution in [3.8, 4) is 0 Å². The van der Waals surface area contributed by atoms with Gasteiger partial charge in [-0.15, -0.1) is 0 Å². The van der Waals surface area contributed by atoms with Crippen molar-refractivity contribution in [2.24, 2.45) is 5.10 Å². The Balaban J connectivity index is 1.65. The highest BCUT2D eigenvalue weighted by Crippen LogP contribution is 2.17. The second kappa shape index (κ2) is 8.62. The van der Waals surface area contributed by atoms with E-state index in [1.165, 1.54) is 0 Å². The van der Waals surface area contributed by atoms with Crippen LogP contribution in [0.1, 0.15) is 21.6 Å². The molecule has 0 atom stereocenters. The molecule has 0 fully saturated rings. The molecule has 0 bridgehead atoms. The van der Waals surface area contributed by atoms with Gasteiger partial charge in [0.25, 0.3) is 5.91 Å². The lowest BCUT2D eigenvalue weighted by atomic mass is 10.2. The summed E-state index contributed by atoms with van der Waals surface area (Å²) in [7, 11) is 0. The molecule has 0 aliphatic heterocycles. The second-order valence-corrected chi connectivity index (χ2v) is 7.61. The van der Waals surface area contributed by atoms with Gasteiger partial charge in [0.05, 0.1) is 17.2 Å². The number of carbonyl (C=O) groups excluding carboxylic acids is 1. The summed E-state index contributed by atoms with van der Waals surface area (Å²) in [5.74, 6) is -0.389. The van der Waals surface area contributed by atoms with Crippen molar-refractivity contribution in [1.29, 1.82) is 0 Å². The maximum atomic E-state index is 12.3. The molecule has 1 amide bonds. The minimum absolute atomic E-state index is 0.270. The molecule has 1 heterocycles. The zero-order valence-electron chi connectivity index (χ0n) is 13.4. The van der Waals surface area contributed by atoms with Gasteiger partial charge in [-0.05, 0) is 51.3 Å². The summed E-state index contributed by atoms with van der Waals surface area (Å²) < 4.78 is 3.26. The maximum absolute atomic E-state index is 12.3. The van der Waals surface area contributed by atoms with Gasteiger partial charge in [0.1, 0.15) is 0 Å². The third-order valence-electron chi connectivity index (χ3n) is 3.44. The first-order valence-electron chi connectivity index (χ1n) is 7.57. The van der Waals surface area contributed by atoms with Crippen LogP contribution >= 0.6 is 43.5 Å². The summed E-state index contributed by atoms with van der Waals surface area (Å²) in [6.07, 6.45) is 3.32. The van der Waals surface area contributed by atoms with Crippen LogP contribution in [0, 0.1) is 0 Å². The van der Waals surface area contributed by atoms with Crippen LogP contribution in [0.5, 0.6) is 0 Å². The van der Waals surface area contributed by atoms with Crippen molar-refractivity contribution in [2.45, 2.75) is 6.54 Å². The van der Waals surface area contributed by atoms with Crippen LogP contribution in [0.4, 0.5) is 0 Å².